The Balaban J connectivity index is 2.51. The SMILES string of the molecule is CCC(C)(C)c1ccc(O)c(-c2cc(N)on2)c1. The second-order valence-electron chi connectivity index (χ2n) is 5.08. The molecule has 1 heterocycles. The molecule has 0 unspecified atom stereocenters. The van der Waals surface area contributed by atoms with Gasteiger partial charge in [0.2, 0.25) is 5.88 Å². The van der Waals surface area contributed by atoms with Crippen LogP contribution in [-0.4, -0.2) is 10.3 Å². The molecule has 0 aliphatic heterocycles. The maximum Gasteiger partial charge on any atom is 0.222 e. The zero-order valence-electron chi connectivity index (χ0n) is 10.9. The van der Waals surface area contributed by atoms with E-state index < -0.39 is 0 Å². The number of hydrogen-bond acceptors (Lipinski definition) is 4. The van der Waals surface area contributed by atoms with E-state index in [-0.39, 0.29) is 17.0 Å². The number of nitrogen functional groups attached to an aromatic ring is 1. The summed E-state index contributed by atoms with van der Waals surface area (Å²) in [4.78, 5) is 0. The molecule has 2 rings (SSSR count). The van der Waals surface area contributed by atoms with Crippen molar-refractivity contribution in [3.8, 4) is 17.0 Å². The van der Waals surface area contributed by atoms with Gasteiger partial charge in [-0.2, -0.15) is 0 Å². The van der Waals surface area contributed by atoms with Crippen molar-refractivity contribution >= 4 is 5.88 Å². The zero-order chi connectivity index (χ0) is 13.3. The largest absolute Gasteiger partial charge is 0.507 e. The molecular formula is C14H18N2O2. The van der Waals surface area contributed by atoms with E-state index in [4.69, 9.17) is 10.3 Å². The van der Waals surface area contributed by atoms with Crippen LogP contribution >= 0.6 is 0 Å². The van der Waals surface area contributed by atoms with E-state index in [2.05, 4.69) is 25.9 Å². The van der Waals surface area contributed by atoms with Gasteiger partial charge in [0.25, 0.3) is 0 Å². The summed E-state index contributed by atoms with van der Waals surface area (Å²) in [5, 5.41) is 13.7. The predicted molar refractivity (Wildman–Crippen MR) is 71.3 cm³/mol. The molecule has 0 fully saturated rings. The fourth-order valence-corrected chi connectivity index (χ4v) is 1.78. The first kappa shape index (κ1) is 12.5. The van der Waals surface area contributed by atoms with E-state index >= 15 is 0 Å². The van der Waals surface area contributed by atoms with Crippen molar-refractivity contribution in [3.63, 3.8) is 0 Å². The maximum atomic E-state index is 9.91. The molecule has 0 bridgehead atoms. The topological polar surface area (TPSA) is 72.3 Å². The van der Waals surface area contributed by atoms with Crippen LogP contribution in [0.4, 0.5) is 5.88 Å². The van der Waals surface area contributed by atoms with Crippen LogP contribution < -0.4 is 5.73 Å². The second kappa shape index (κ2) is 4.37. The third kappa shape index (κ3) is 2.18. The maximum absolute atomic E-state index is 9.91. The van der Waals surface area contributed by atoms with E-state index in [0.29, 0.717) is 11.3 Å². The smallest absolute Gasteiger partial charge is 0.222 e. The van der Waals surface area contributed by atoms with E-state index in [1.807, 2.05) is 12.1 Å². The minimum atomic E-state index is 0.0533. The van der Waals surface area contributed by atoms with Crippen LogP contribution in [0.25, 0.3) is 11.3 Å². The molecule has 18 heavy (non-hydrogen) atoms. The van der Waals surface area contributed by atoms with Crippen LogP contribution in [0, 0.1) is 0 Å². The molecule has 0 aliphatic carbocycles. The standard InChI is InChI=1S/C14H18N2O2/c1-4-14(2,3)9-5-6-12(17)10(7-9)11-8-13(15)18-16-11/h5-8,17H,4,15H2,1-3H3. The number of aromatic hydroxyl groups is 1. The summed E-state index contributed by atoms with van der Waals surface area (Å²) in [6, 6.07) is 7.17. The number of nitrogens with two attached hydrogens (primary N) is 1. The van der Waals surface area contributed by atoms with Gasteiger partial charge in [0.15, 0.2) is 0 Å². The average molecular weight is 246 g/mol. The summed E-state index contributed by atoms with van der Waals surface area (Å²) in [6.07, 6.45) is 1.01. The van der Waals surface area contributed by atoms with Gasteiger partial charge in [-0.1, -0.05) is 32.0 Å². The van der Waals surface area contributed by atoms with Crippen molar-refractivity contribution in [2.45, 2.75) is 32.6 Å². The predicted octanol–water partition coefficient (Wildman–Crippen LogP) is 3.32. The highest BCUT2D eigenvalue weighted by Crippen LogP contribution is 2.35. The van der Waals surface area contributed by atoms with Gasteiger partial charge >= 0.3 is 0 Å². The number of hydrogen-bond donors (Lipinski definition) is 2. The normalized spacial score (nSPS) is 11.7. The molecule has 0 saturated heterocycles. The minimum absolute atomic E-state index is 0.0533. The average Bonchev–Trinajstić information content (AvgIpc) is 2.76. The first-order chi connectivity index (χ1) is 8.44. The molecular weight excluding hydrogens is 228 g/mol. The fraction of sp³-hybridized carbons (Fsp3) is 0.357. The van der Waals surface area contributed by atoms with Crippen molar-refractivity contribution in [3.05, 3.63) is 29.8 Å². The number of aromatic nitrogens is 1. The minimum Gasteiger partial charge on any atom is -0.507 e. The zero-order valence-corrected chi connectivity index (χ0v) is 10.9. The van der Waals surface area contributed by atoms with Gasteiger partial charge in [-0.05, 0) is 29.5 Å². The number of phenolic OH excluding ortho intramolecular Hbond substituents is 1. The van der Waals surface area contributed by atoms with Gasteiger partial charge in [0, 0.05) is 11.6 Å². The van der Waals surface area contributed by atoms with Gasteiger partial charge in [-0.15, -0.1) is 0 Å². The molecule has 0 saturated carbocycles. The molecule has 4 nitrogen and oxygen atoms in total. The van der Waals surface area contributed by atoms with Crippen molar-refractivity contribution in [2.24, 2.45) is 0 Å². The Labute approximate surface area is 106 Å². The molecule has 0 aliphatic rings. The fourth-order valence-electron chi connectivity index (χ4n) is 1.78. The summed E-state index contributed by atoms with van der Waals surface area (Å²) in [6.45, 7) is 6.47. The lowest BCUT2D eigenvalue weighted by Crippen LogP contribution is -2.15. The first-order valence-electron chi connectivity index (χ1n) is 6.00. The van der Waals surface area contributed by atoms with E-state index in [1.165, 1.54) is 0 Å². The Kier molecular flexibility index (Phi) is 3.03. The van der Waals surface area contributed by atoms with Crippen molar-refractivity contribution in [1.82, 2.24) is 5.16 Å². The highest BCUT2D eigenvalue weighted by molar-refractivity contribution is 5.69. The Bertz CT molecular complexity index is 559. The summed E-state index contributed by atoms with van der Waals surface area (Å²) in [5.41, 5.74) is 7.91. The van der Waals surface area contributed by atoms with Crippen molar-refractivity contribution in [1.29, 1.82) is 0 Å². The number of benzene rings is 1. The van der Waals surface area contributed by atoms with Crippen LogP contribution in [0.1, 0.15) is 32.8 Å². The number of nitrogens with zero attached hydrogens (tertiary/aromatic N) is 1. The number of anilines is 1. The van der Waals surface area contributed by atoms with Gasteiger partial charge < -0.3 is 15.4 Å². The van der Waals surface area contributed by atoms with Gasteiger partial charge in [0.05, 0.1) is 0 Å². The summed E-state index contributed by atoms with van der Waals surface area (Å²) >= 11 is 0. The molecule has 0 radical (unpaired) electrons. The van der Waals surface area contributed by atoms with Crippen LogP contribution in [-0.2, 0) is 5.41 Å². The number of phenols is 1. The van der Waals surface area contributed by atoms with Crippen molar-refractivity contribution in [2.75, 3.05) is 5.73 Å². The first-order valence-corrected chi connectivity index (χ1v) is 6.00. The van der Waals surface area contributed by atoms with E-state index in [1.54, 1.807) is 12.1 Å². The van der Waals surface area contributed by atoms with Crippen LogP contribution in [0.15, 0.2) is 28.8 Å². The Morgan fingerprint density at radius 1 is 1.33 bits per heavy atom. The van der Waals surface area contributed by atoms with Crippen LogP contribution in [0.5, 0.6) is 5.75 Å². The van der Waals surface area contributed by atoms with E-state index in [9.17, 15) is 5.11 Å². The summed E-state index contributed by atoms with van der Waals surface area (Å²) in [5.74, 6) is 0.420. The molecule has 3 N–H and O–H groups in total. The highest BCUT2D eigenvalue weighted by atomic mass is 16.5. The lowest BCUT2D eigenvalue weighted by molar-refractivity contribution is 0.437. The monoisotopic (exact) mass is 246 g/mol. The number of rotatable bonds is 3. The molecule has 0 atom stereocenters. The molecule has 1 aromatic heterocycles. The lowest BCUT2D eigenvalue weighted by Gasteiger charge is -2.24. The molecule has 96 valence electrons. The molecule has 2 aromatic rings. The molecule has 4 heteroatoms. The Morgan fingerprint density at radius 2 is 2.06 bits per heavy atom. The quantitative estimate of drug-likeness (QED) is 0.871. The van der Waals surface area contributed by atoms with Crippen molar-refractivity contribution < 1.29 is 9.63 Å². The summed E-state index contributed by atoms with van der Waals surface area (Å²) < 4.78 is 4.84. The van der Waals surface area contributed by atoms with Crippen LogP contribution in [0.3, 0.4) is 0 Å². The van der Waals surface area contributed by atoms with Gasteiger partial charge in [-0.3, -0.25) is 0 Å². The summed E-state index contributed by atoms with van der Waals surface area (Å²) in [7, 11) is 0. The Hall–Kier alpha value is -1.97. The third-order valence-corrected chi connectivity index (χ3v) is 3.47. The third-order valence-electron chi connectivity index (χ3n) is 3.47. The lowest BCUT2D eigenvalue weighted by atomic mass is 9.81. The molecule has 1 aromatic carbocycles. The van der Waals surface area contributed by atoms with E-state index in [0.717, 1.165) is 12.0 Å². The second-order valence-corrected chi connectivity index (χ2v) is 5.08. The molecule has 0 amide bonds. The molecule has 0 spiro atoms. The Morgan fingerprint density at radius 3 is 2.61 bits per heavy atom. The van der Waals surface area contributed by atoms with Gasteiger partial charge in [-0.25, -0.2) is 0 Å². The van der Waals surface area contributed by atoms with Gasteiger partial charge in [0.1, 0.15) is 11.4 Å². The van der Waals surface area contributed by atoms with Crippen LogP contribution in [0.2, 0.25) is 0 Å². The highest BCUT2D eigenvalue weighted by Gasteiger charge is 2.20.